The molecule has 0 radical (unpaired) electrons. The average molecular weight is 361 g/mol. The van der Waals surface area contributed by atoms with Gasteiger partial charge in [0.1, 0.15) is 5.76 Å². The first-order valence-corrected chi connectivity index (χ1v) is 9.68. The summed E-state index contributed by atoms with van der Waals surface area (Å²) < 4.78 is 5.26. The van der Waals surface area contributed by atoms with Gasteiger partial charge in [-0.05, 0) is 37.8 Å². The number of carbonyl (C=O) groups is 2. The van der Waals surface area contributed by atoms with Crippen LogP contribution in [0.4, 0.5) is 0 Å². The lowest BCUT2D eigenvalue weighted by Crippen LogP contribution is -2.59. The number of nitrogens with zero attached hydrogens (tertiary/aromatic N) is 1. The number of furan rings is 1. The van der Waals surface area contributed by atoms with Gasteiger partial charge in [-0.3, -0.25) is 14.5 Å². The number of piperidine rings is 2. The van der Waals surface area contributed by atoms with E-state index in [1.54, 1.807) is 6.26 Å². The van der Waals surface area contributed by atoms with Crippen LogP contribution in [0, 0.1) is 5.41 Å². The van der Waals surface area contributed by atoms with Gasteiger partial charge in [0.05, 0.1) is 19.4 Å². The molecule has 0 aromatic carbocycles. The van der Waals surface area contributed by atoms with Crippen LogP contribution in [-0.4, -0.2) is 41.4 Å². The number of amides is 2. The van der Waals surface area contributed by atoms with Crippen LogP contribution >= 0.6 is 0 Å². The van der Waals surface area contributed by atoms with E-state index in [4.69, 9.17) is 4.42 Å². The maximum atomic E-state index is 12.4. The van der Waals surface area contributed by atoms with Gasteiger partial charge >= 0.3 is 0 Å². The minimum absolute atomic E-state index is 0.0375. The molecule has 3 heterocycles. The molecule has 2 bridgehead atoms. The highest BCUT2D eigenvalue weighted by atomic mass is 16.3. The van der Waals surface area contributed by atoms with E-state index < -0.39 is 0 Å². The molecule has 2 amide bonds. The van der Waals surface area contributed by atoms with E-state index in [9.17, 15) is 9.59 Å². The van der Waals surface area contributed by atoms with Crippen molar-refractivity contribution in [3.63, 3.8) is 0 Å². The summed E-state index contributed by atoms with van der Waals surface area (Å²) in [5, 5.41) is 6.17. The van der Waals surface area contributed by atoms with Gasteiger partial charge in [-0.15, -0.1) is 0 Å². The number of hydrogen-bond acceptors (Lipinski definition) is 4. The Balaban J connectivity index is 1.53. The minimum Gasteiger partial charge on any atom is -0.467 e. The summed E-state index contributed by atoms with van der Waals surface area (Å²) in [4.78, 5) is 27.0. The molecule has 144 valence electrons. The standard InChI is InChI=1S/C20H31N3O3/c1-20(2,3)19(25)22-14-10-15-6-4-7-16(11-14)23(15)13-18(24)21-12-17-8-5-9-26-17/h5,8-9,14-16H,4,6-7,10-13H2,1-3H3,(H,21,24)(H,22,25). The summed E-state index contributed by atoms with van der Waals surface area (Å²) >= 11 is 0. The molecule has 6 nitrogen and oxygen atoms in total. The normalized spacial score (nSPS) is 26.3. The van der Waals surface area contributed by atoms with Crippen molar-refractivity contribution in [1.82, 2.24) is 15.5 Å². The number of fused-ring (bicyclic) bond motifs is 2. The highest BCUT2D eigenvalue weighted by molar-refractivity contribution is 5.81. The molecule has 2 fully saturated rings. The number of nitrogens with one attached hydrogen (secondary N) is 2. The largest absolute Gasteiger partial charge is 0.467 e. The lowest BCUT2D eigenvalue weighted by atomic mass is 9.81. The van der Waals surface area contributed by atoms with Crippen LogP contribution in [-0.2, 0) is 16.1 Å². The fourth-order valence-electron chi connectivity index (χ4n) is 4.08. The third-order valence-corrected chi connectivity index (χ3v) is 5.51. The Bertz CT molecular complexity index is 607. The molecule has 1 aromatic heterocycles. The van der Waals surface area contributed by atoms with Gasteiger partial charge < -0.3 is 15.1 Å². The molecule has 0 spiro atoms. The van der Waals surface area contributed by atoms with Crippen molar-refractivity contribution in [2.75, 3.05) is 6.54 Å². The molecule has 0 saturated carbocycles. The van der Waals surface area contributed by atoms with Crippen LogP contribution < -0.4 is 10.6 Å². The van der Waals surface area contributed by atoms with Crippen LogP contribution in [0.25, 0.3) is 0 Å². The van der Waals surface area contributed by atoms with E-state index in [2.05, 4.69) is 15.5 Å². The highest BCUT2D eigenvalue weighted by Gasteiger charge is 2.40. The molecule has 6 heteroatoms. The second-order valence-corrected chi connectivity index (χ2v) is 8.66. The van der Waals surface area contributed by atoms with Gasteiger partial charge in [0, 0.05) is 23.5 Å². The summed E-state index contributed by atoms with van der Waals surface area (Å²) in [7, 11) is 0. The first-order valence-electron chi connectivity index (χ1n) is 9.68. The van der Waals surface area contributed by atoms with Gasteiger partial charge in [-0.25, -0.2) is 0 Å². The number of hydrogen-bond donors (Lipinski definition) is 2. The van der Waals surface area contributed by atoms with Crippen molar-refractivity contribution in [1.29, 1.82) is 0 Å². The summed E-state index contributed by atoms with van der Waals surface area (Å²) in [6.45, 7) is 6.69. The molecule has 26 heavy (non-hydrogen) atoms. The third kappa shape index (κ3) is 4.67. The lowest BCUT2D eigenvalue weighted by Gasteiger charge is -2.49. The summed E-state index contributed by atoms with van der Waals surface area (Å²) in [5.74, 6) is 0.919. The molecule has 2 saturated heterocycles. The Hall–Kier alpha value is -1.82. The summed E-state index contributed by atoms with van der Waals surface area (Å²) in [6.07, 6.45) is 6.89. The minimum atomic E-state index is -0.363. The molecular formula is C20H31N3O3. The van der Waals surface area contributed by atoms with Crippen LogP contribution in [0.5, 0.6) is 0 Å². The van der Waals surface area contributed by atoms with Crippen LogP contribution in [0.3, 0.4) is 0 Å². The molecule has 2 atom stereocenters. The van der Waals surface area contributed by atoms with E-state index in [-0.39, 0.29) is 23.3 Å². The van der Waals surface area contributed by atoms with Crippen LogP contribution in [0.2, 0.25) is 0 Å². The molecule has 2 unspecified atom stereocenters. The molecule has 0 aliphatic carbocycles. The van der Waals surface area contributed by atoms with Crippen molar-refractivity contribution in [2.45, 2.75) is 77.5 Å². The van der Waals surface area contributed by atoms with Crippen LogP contribution in [0.15, 0.2) is 22.8 Å². The molecule has 2 aliphatic heterocycles. The SMILES string of the molecule is CC(C)(C)C(=O)NC1CC2CCCC(C1)N2CC(=O)NCc1ccco1. The average Bonchev–Trinajstić information content (AvgIpc) is 3.06. The van der Waals surface area contributed by atoms with E-state index in [1.807, 2.05) is 32.9 Å². The molecule has 1 aromatic rings. The zero-order valence-corrected chi connectivity index (χ0v) is 16.1. The Kier molecular flexibility index (Phi) is 5.70. The molecular weight excluding hydrogens is 330 g/mol. The molecule has 2 aliphatic rings. The Morgan fingerprint density at radius 3 is 2.50 bits per heavy atom. The number of rotatable bonds is 5. The maximum Gasteiger partial charge on any atom is 0.234 e. The zero-order valence-electron chi connectivity index (χ0n) is 16.1. The van der Waals surface area contributed by atoms with E-state index >= 15 is 0 Å². The zero-order chi connectivity index (χ0) is 18.7. The van der Waals surface area contributed by atoms with Crippen molar-refractivity contribution in [2.24, 2.45) is 5.41 Å². The predicted octanol–water partition coefficient (Wildman–Crippen LogP) is 2.44. The van der Waals surface area contributed by atoms with E-state index in [0.717, 1.165) is 31.4 Å². The Morgan fingerprint density at radius 1 is 1.23 bits per heavy atom. The number of carbonyl (C=O) groups excluding carboxylic acids is 2. The van der Waals surface area contributed by atoms with Crippen molar-refractivity contribution < 1.29 is 14.0 Å². The van der Waals surface area contributed by atoms with E-state index in [1.165, 1.54) is 6.42 Å². The quantitative estimate of drug-likeness (QED) is 0.845. The first-order chi connectivity index (χ1) is 12.3. The fourth-order valence-corrected chi connectivity index (χ4v) is 4.08. The van der Waals surface area contributed by atoms with Gasteiger partial charge in [-0.2, -0.15) is 0 Å². The highest BCUT2D eigenvalue weighted by Crippen LogP contribution is 2.34. The van der Waals surface area contributed by atoms with Crippen molar-refractivity contribution >= 4 is 11.8 Å². The second kappa shape index (κ2) is 7.82. The fraction of sp³-hybridized carbons (Fsp3) is 0.700. The monoisotopic (exact) mass is 361 g/mol. The molecule has 3 rings (SSSR count). The molecule has 2 N–H and O–H groups in total. The Morgan fingerprint density at radius 2 is 1.92 bits per heavy atom. The Labute approximate surface area is 155 Å². The topological polar surface area (TPSA) is 74.6 Å². The van der Waals surface area contributed by atoms with Gasteiger partial charge in [0.15, 0.2) is 0 Å². The summed E-state index contributed by atoms with van der Waals surface area (Å²) in [5.41, 5.74) is -0.363. The van der Waals surface area contributed by atoms with Crippen molar-refractivity contribution in [3.05, 3.63) is 24.2 Å². The summed E-state index contributed by atoms with van der Waals surface area (Å²) in [6, 6.07) is 4.66. The maximum absolute atomic E-state index is 12.4. The second-order valence-electron chi connectivity index (χ2n) is 8.66. The third-order valence-electron chi connectivity index (χ3n) is 5.51. The predicted molar refractivity (Wildman–Crippen MR) is 99.3 cm³/mol. The van der Waals surface area contributed by atoms with Gasteiger partial charge in [-0.1, -0.05) is 27.2 Å². The van der Waals surface area contributed by atoms with Crippen LogP contribution in [0.1, 0.15) is 58.6 Å². The smallest absolute Gasteiger partial charge is 0.234 e. The van der Waals surface area contributed by atoms with E-state index in [0.29, 0.717) is 25.2 Å². The first kappa shape index (κ1) is 19.0. The van der Waals surface area contributed by atoms with Gasteiger partial charge in [0.2, 0.25) is 11.8 Å². The van der Waals surface area contributed by atoms with Crippen molar-refractivity contribution in [3.8, 4) is 0 Å². The van der Waals surface area contributed by atoms with Gasteiger partial charge in [0.25, 0.3) is 0 Å². The lowest BCUT2D eigenvalue weighted by molar-refractivity contribution is -0.131.